The third-order valence-corrected chi connectivity index (χ3v) is 5.50. The van der Waals surface area contributed by atoms with E-state index in [1.807, 2.05) is 6.07 Å². The number of benzene rings is 1. The zero-order valence-corrected chi connectivity index (χ0v) is 32.8. The van der Waals surface area contributed by atoms with Gasteiger partial charge < -0.3 is 19.9 Å². The molecule has 2 amide bonds. The molecule has 1 aliphatic heterocycles. The maximum atomic E-state index is 13.3. The molecule has 0 bridgehead atoms. The Bertz CT molecular complexity index is 1240. The minimum atomic E-state index is -4.66. The van der Waals surface area contributed by atoms with Crippen molar-refractivity contribution in [2.24, 2.45) is 0 Å². The molecule has 1 atom stereocenters. The molecule has 1 aliphatic carbocycles. The molecule has 1 aromatic heterocycles. The maximum Gasteiger partial charge on any atom is 1.00 e. The SMILES string of the molecule is CN1C(=O)N(c2ccnc(C(F)(F)F)c2)C2=C(C(=O)CCC2)C1c1ccc(C#N)cc1.O=C([O-])[O-].[Cs+].[Cs+]. The molecule has 1 unspecified atom stereocenters. The van der Waals surface area contributed by atoms with Crippen LogP contribution in [0.2, 0.25) is 0 Å². The predicted molar refractivity (Wildman–Crippen MR) is 110 cm³/mol. The number of nitrogens with zero attached hydrogens (tertiary/aromatic N) is 4. The second-order valence-corrected chi connectivity index (χ2v) is 7.65. The number of aromatic nitrogens is 1. The van der Waals surface area contributed by atoms with Crippen LogP contribution < -0.4 is 153 Å². The molecule has 0 fully saturated rings. The normalized spacial score (nSPS) is 16.9. The van der Waals surface area contributed by atoms with Gasteiger partial charge in [0, 0.05) is 30.9 Å². The van der Waals surface area contributed by atoms with Gasteiger partial charge in [0.1, 0.15) is 5.69 Å². The number of nitriles is 1. The number of alkyl halides is 3. The number of carboxylic acid groups (broad SMARTS) is 2. The minimum absolute atomic E-state index is 0. The molecule has 1 aromatic carbocycles. The quantitative estimate of drug-likeness (QED) is 0.306. The fourth-order valence-corrected chi connectivity index (χ4v) is 4.08. The molecule has 2 aromatic rings. The Morgan fingerprint density at radius 1 is 1.11 bits per heavy atom. The fraction of sp³-hybridized carbons (Fsp3) is 0.261. The van der Waals surface area contributed by atoms with E-state index < -0.39 is 30.1 Å². The van der Waals surface area contributed by atoms with Crippen molar-refractivity contribution < 1.29 is 176 Å². The van der Waals surface area contributed by atoms with Crippen LogP contribution in [-0.4, -0.2) is 34.9 Å². The van der Waals surface area contributed by atoms with Gasteiger partial charge in [0.25, 0.3) is 0 Å². The largest absolute Gasteiger partial charge is 1.00 e. The number of pyridine rings is 1. The Morgan fingerprint density at radius 3 is 2.24 bits per heavy atom. The molecule has 2 aliphatic rings. The molecule has 9 nitrogen and oxygen atoms in total. The number of allylic oxidation sites excluding steroid dienone is 1. The summed E-state index contributed by atoms with van der Waals surface area (Å²) in [6, 6.07) is 9.52. The maximum absolute atomic E-state index is 13.3. The van der Waals surface area contributed by atoms with Crippen molar-refractivity contribution in [1.82, 2.24) is 9.88 Å². The van der Waals surface area contributed by atoms with E-state index in [-0.39, 0.29) is 149 Å². The molecule has 4 rings (SSSR count). The van der Waals surface area contributed by atoms with Crippen molar-refractivity contribution in [3.8, 4) is 6.07 Å². The van der Waals surface area contributed by atoms with Gasteiger partial charge in [-0.3, -0.25) is 14.7 Å². The van der Waals surface area contributed by atoms with Crippen LogP contribution in [0.4, 0.5) is 28.4 Å². The summed E-state index contributed by atoms with van der Waals surface area (Å²) >= 11 is 0. The molecule has 2 heterocycles. The van der Waals surface area contributed by atoms with E-state index >= 15 is 0 Å². The van der Waals surface area contributed by atoms with Gasteiger partial charge in [0.05, 0.1) is 23.4 Å². The second-order valence-electron chi connectivity index (χ2n) is 7.65. The van der Waals surface area contributed by atoms with Gasteiger partial charge in [0.15, 0.2) is 5.78 Å². The second kappa shape index (κ2) is 14.9. The van der Waals surface area contributed by atoms with Crippen molar-refractivity contribution in [3.63, 3.8) is 0 Å². The molecule has 0 spiro atoms. The molecular weight excluding hydrogens is 735 g/mol. The Balaban J connectivity index is 0.00000107. The topological polar surface area (TPSA) is 140 Å². The molecule has 37 heavy (non-hydrogen) atoms. The zero-order chi connectivity index (χ0) is 25.9. The standard InChI is InChI=1S/C22H17F3N4O2.CH2O3.2Cs/c1-28-20(14-7-5-13(12-26)6-8-14)19-16(3-2-4-17(19)30)29(21(28)31)15-9-10-27-18(11-15)22(23,24)25;2-1(3)4;;/h5-11,20H,2-4H2,1H3;(H2,2,3,4);;/q;;2*+1/p-2. The van der Waals surface area contributed by atoms with Crippen LogP contribution in [0.1, 0.15) is 42.1 Å². The Labute approximate surface area is 327 Å². The van der Waals surface area contributed by atoms with Crippen molar-refractivity contribution in [1.29, 1.82) is 5.26 Å². The number of amides is 2. The first-order chi connectivity index (χ1) is 16.5. The molecule has 0 saturated carbocycles. The van der Waals surface area contributed by atoms with Crippen molar-refractivity contribution in [2.75, 3.05) is 11.9 Å². The number of Topliss-reactive ketones (excluding diaryl/α,β-unsaturated/α-hetero) is 1. The summed E-state index contributed by atoms with van der Waals surface area (Å²) in [4.78, 5) is 40.5. The molecule has 0 N–H and O–H groups in total. The monoisotopic (exact) mass is 752 g/mol. The van der Waals surface area contributed by atoms with Gasteiger partial charge in [-0.15, -0.1) is 0 Å². The van der Waals surface area contributed by atoms with E-state index in [1.165, 1.54) is 22.9 Å². The summed E-state index contributed by atoms with van der Waals surface area (Å²) in [6.45, 7) is 0. The van der Waals surface area contributed by atoms with E-state index in [0.717, 1.165) is 12.3 Å². The van der Waals surface area contributed by atoms with Gasteiger partial charge in [-0.05, 0) is 48.8 Å². The van der Waals surface area contributed by atoms with Crippen LogP contribution in [0, 0.1) is 11.3 Å². The number of carbonyl (C=O) groups excluding carboxylic acids is 3. The van der Waals surface area contributed by atoms with E-state index in [9.17, 15) is 22.8 Å². The number of rotatable bonds is 2. The van der Waals surface area contributed by atoms with E-state index in [4.69, 9.17) is 20.3 Å². The molecule has 182 valence electrons. The first-order valence-corrected chi connectivity index (χ1v) is 10.2. The molecule has 0 saturated heterocycles. The average molecular weight is 752 g/mol. The Kier molecular flexibility index (Phi) is 14.0. The van der Waals surface area contributed by atoms with E-state index in [2.05, 4.69) is 4.98 Å². The number of ketones is 1. The van der Waals surface area contributed by atoms with Gasteiger partial charge in [-0.1, -0.05) is 12.1 Å². The van der Waals surface area contributed by atoms with Crippen molar-refractivity contribution in [3.05, 3.63) is 70.7 Å². The van der Waals surface area contributed by atoms with Crippen LogP contribution in [0.25, 0.3) is 0 Å². The number of carbonyl (C=O) groups is 3. The van der Waals surface area contributed by atoms with Crippen molar-refractivity contribution >= 4 is 23.7 Å². The number of hydrogen-bond acceptors (Lipinski definition) is 7. The van der Waals surface area contributed by atoms with E-state index in [1.54, 1.807) is 24.3 Å². The van der Waals surface area contributed by atoms with Gasteiger partial charge >= 0.3 is 150 Å². The molecular formula is C23H17Cs2F3N4O5. The number of hydrogen-bond donors (Lipinski definition) is 0. The van der Waals surface area contributed by atoms with Gasteiger partial charge in [-0.25, -0.2) is 4.79 Å². The molecule has 0 radical (unpaired) electrons. The smallest absolute Gasteiger partial charge is 0.652 e. The minimum Gasteiger partial charge on any atom is -0.652 e. The van der Waals surface area contributed by atoms with Crippen LogP contribution in [0.15, 0.2) is 53.9 Å². The van der Waals surface area contributed by atoms with Crippen LogP contribution in [-0.2, 0) is 11.0 Å². The summed E-state index contributed by atoms with van der Waals surface area (Å²) in [5.74, 6) is -0.148. The summed E-state index contributed by atoms with van der Waals surface area (Å²) in [7, 11) is 1.51. The summed E-state index contributed by atoms with van der Waals surface area (Å²) in [5, 5.41) is 25.7. The van der Waals surface area contributed by atoms with Crippen LogP contribution in [0.3, 0.4) is 0 Å². The first kappa shape index (κ1) is 34.7. The third-order valence-electron chi connectivity index (χ3n) is 5.50. The van der Waals surface area contributed by atoms with Gasteiger partial charge in [0.2, 0.25) is 0 Å². The molecule has 14 heteroatoms. The van der Waals surface area contributed by atoms with Crippen LogP contribution in [0.5, 0.6) is 0 Å². The Morgan fingerprint density at radius 2 is 1.70 bits per heavy atom. The number of anilines is 1. The summed E-state index contributed by atoms with van der Waals surface area (Å²) in [6.07, 6.45) is -4.81. The zero-order valence-electron chi connectivity index (χ0n) is 20.2. The van der Waals surface area contributed by atoms with Crippen LogP contribution >= 0.6 is 0 Å². The summed E-state index contributed by atoms with van der Waals surface area (Å²) in [5.41, 5.74) is 0.800. The predicted octanol–water partition coefficient (Wildman–Crippen LogP) is -3.85. The third kappa shape index (κ3) is 8.35. The van der Waals surface area contributed by atoms with Gasteiger partial charge in [-0.2, -0.15) is 18.4 Å². The summed E-state index contributed by atoms with van der Waals surface area (Å²) < 4.78 is 39.6. The average Bonchev–Trinajstić information content (AvgIpc) is 2.80. The Hall–Kier alpha value is -0.296. The number of halogens is 3. The van der Waals surface area contributed by atoms with Crippen molar-refractivity contribution in [2.45, 2.75) is 31.5 Å². The fourth-order valence-electron chi connectivity index (χ4n) is 4.08. The number of likely N-dealkylation sites (N-methyl/N-ethyl adjacent to an activating group) is 1. The van der Waals surface area contributed by atoms with E-state index in [0.29, 0.717) is 41.7 Å². The number of urea groups is 1. The first-order valence-electron chi connectivity index (χ1n) is 10.2.